The van der Waals surface area contributed by atoms with E-state index in [2.05, 4.69) is 40.5 Å². The lowest BCUT2D eigenvalue weighted by Gasteiger charge is -2.02. The van der Waals surface area contributed by atoms with Crippen molar-refractivity contribution in [3.05, 3.63) is 35.5 Å². The maximum absolute atomic E-state index is 9.06. The van der Waals surface area contributed by atoms with E-state index in [0.29, 0.717) is 11.4 Å². The fraction of sp³-hybridized carbons (Fsp3) is 0.214. The molecule has 0 bridgehead atoms. The number of rotatable bonds is 3. The molecule has 0 radical (unpaired) electrons. The molecule has 2 heterocycles. The maximum atomic E-state index is 9.06. The summed E-state index contributed by atoms with van der Waals surface area (Å²) in [4.78, 5) is 4.54. The molecule has 0 atom stereocenters. The minimum atomic E-state index is 0.515. The van der Waals surface area contributed by atoms with Crippen molar-refractivity contribution in [3.8, 4) is 6.07 Å². The fourth-order valence-corrected chi connectivity index (χ4v) is 2.94. The number of thiazole rings is 1. The monoisotopic (exact) mass is 283 g/mol. The van der Waals surface area contributed by atoms with Crippen LogP contribution < -0.4 is 5.32 Å². The van der Waals surface area contributed by atoms with Crippen LogP contribution in [-0.4, -0.2) is 14.8 Å². The first-order valence-corrected chi connectivity index (χ1v) is 7.11. The molecule has 0 aliphatic heterocycles. The molecule has 0 aliphatic rings. The van der Waals surface area contributed by atoms with Gasteiger partial charge in [-0.3, -0.25) is 4.68 Å². The van der Waals surface area contributed by atoms with Crippen LogP contribution in [0.4, 0.5) is 10.9 Å². The van der Waals surface area contributed by atoms with Gasteiger partial charge in [-0.1, -0.05) is 24.3 Å². The van der Waals surface area contributed by atoms with E-state index in [9.17, 15) is 0 Å². The van der Waals surface area contributed by atoms with Crippen LogP contribution in [0.1, 0.15) is 18.1 Å². The van der Waals surface area contributed by atoms with Crippen LogP contribution in [0.2, 0.25) is 0 Å². The molecule has 0 unspecified atom stereocenters. The third-order valence-electron chi connectivity index (χ3n) is 3.15. The molecule has 100 valence electrons. The molecule has 0 aliphatic carbocycles. The number of aromatic nitrogens is 3. The van der Waals surface area contributed by atoms with E-state index in [0.717, 1.165) is 21.8 Å². The average Bonchev–Trinajstić information content (AvgIpc) is 3.02. The topological polar surface area (TPSA) is 66.5 Å². The number of benzene rings is 1. The van der Waals surface area contributed by atoms with E-state index in [1.54, 1.807) is 29.3 Å². The van der Waals surface area contributed by atoms with Crippen molar-refractivity contribution in [2.45, 2.75) is 13.3 Å². The van der Waals surface area contributed by atoms with Gasteiger partial charge in [0.2, 0.25) is 0 Å². The Balaban J connectivity index is 1.99. The van der Waals surface area contributed by atoms with E-state index in [-0.39, 0.29) is 0 Å². The first kappa shape index (κ1) is 12.6. The summed E-state index contributed by atoms with van der Waals surface area (Å²) in [5.41, 5.74) is 2.78. The highest BCUT2D eigenvalue weighted by Gasteiger charge is 2.11. The van der Waals surface area contributed by atoms with Crippen molar-refractivity contribution >= 4 is 32.5 Å². The second kappa shape index (κ2) is 4.94. The molecule has 1 aromatic carbocycles. The molecule has 0 fully saturated rings. The minimum absolute atomic E-state index is 0.515. The highest BCUT2D eigenvalue weighted by molar-refractivity contribution is 7.22. The summed E-state index contributed by atoms with van der Waals surface area (Å²) in [5.74, 6) is 0.669. The van der Waals surface area contributed by atoms with E-state index in [1.165, 1.54) is 5.56 Å². The number of nitrogens with zero attached hydrogens (tertiary/aromatic N) is 4. The summed E-state index contributed by atoms with van der Waals surface area (Å²) >= 11 is 1.58. The lowest BCUT2D eigenvalue weighted by atomic mass is 10.2. The quantitative estimate of drug-likeness (QED) is 0.801. The van der Waals surface area contributed by atoms with Crippen molar-refractivity contribution in [3.63, 3.8) is 0 Å². The largest absolute Gasteiger partial charge is 0.315 e. The maximum Gasteiger partial charge on any atom is 0.189 e. The Morgan fingerprint density at radius 1 is 1.45 bits per heavy atom. The van der Waals surface area contributed by atoms with Gasteiger partial charge < -0.3 is 5.32 Å². The molecule has 6 heteroatoms. The van der Waals surface area contributed by atoms with Crippen LogP contribution in [0.15, 0.2) is 24.4 Å². The third-order valence-corrected chi connectivity index (χ3v) is 4.08. The van der Waals surface area contributed by atoms with Crippen LogP contribution >= 0.6 is 11.3 Å². The van der Waals surface area contributed by atoms with Crippen LogP contribution in [-0.2, 0) is 13.5 Å². The van der Waals surface area contributed by atoms with E-state index < -0.39 is 0 Å². The van der Waals surface area contributed by atoms with Crippen LogP contribution in [0.3, 0.4) is 0 Å². The van der Waals surface area contributed by atoms with Crippen LogP contribution in [0.25, 0.3) is 10.2 Å². The number of aryl methyl sites for hydroxylation is 2. The fourth-order valence-electron chi connectivity index (χ4n) is 2.01. The highest BCUT2D eigenvalue weighted by Crippen LogP contribution is 2.29. The Kier molecular flexibility index (Phi) is 3.12. The summed E-state index contributed by atoms with van der Waals surface area (Å²) in [6, 6.07) is 8.40. The van der Waals surface area contributed by atoms with Crippen molar-refractivity contribution in [2.75, 3.05) is 5.32 Å². The Bertz CT molecular complexity index is 809. The SMILES string of the molecule is CCc1ccc2nc(Nc3c(C#N)cnn3C)sc2c1. The number of hydrogen-bond donors (Lipinski definition) is 1. The van der Waals surface area contributed by atoms with Gasteiger partial charge in [0, 0.05) is 7.05 Å². The first-order valence-electron chi connectivity index (χ1n) is 6.30. The van der Waals surface area contributed by atoms with Gasteiger partial charge in [0.1, 0.15) is 17.5 Å². The Morgan fingerprint density at radius 2 is 2.30 bits per heavy atom. The lowest BCUT2D eigenvalue weighted by Crippen LogP contribution is -1.99. The van der Waals surface area contributed by atoms with Gasteiger partial charge in [0.15, 0.2) is 5.13 Å². The smallest absolute Gasteiger partial charge is 0.189 e. The summed E-state index contributed by atoms with van der Waals surface area (Å²) in [7, 11) is 1.80. The van der Waals surface area contributed by atoms with E-state index in [4.69, 9.17) is 5.26 Å². The number of anilines is 2. The van der Waals surface area contributed by atoms with E-state index in [1.807, 2.05) is 6.07 Å². The molecule has 3 aromatic rings. The number of fused-ring (bicyclic) bond motifs is 1. The zero-order valence-electron chi connectivity index (χ0n) is 11.2. The van der Waals surface area contributed by atoms with Gasteiger partial charge in [0.05, 0.1) is 16.4 Å². The molecule has 3 rings (SSSR count). The standard InChI is InChI=1S/C14H13N5S/c1-3-9-4-5-11-12(6-9)20-14(17-11)18-13-10(7-15)8-16-19(13)2/h4-6,8H,3H2,1-2H3,(H,17,18). The Morgan fingerprint density at radius 3 is 3.05 bits per heavy atom. The molecule has 0 saturated carbocycles. The van der Waals surface area contributed by atoms with Gasteiger partial charge in [-0.2, -0.15) is 10.4 Å². The van der Waals surface area contributed by atoms with Crippen molar-refractivity contribution in [1.82, 2.24) is 14.8 Å². The van der Waals surface area contributed by atoms with Crippen molar-refractivity contribution in [1.29, 1.82) is 5.26 Å². The Labute approximate surface area is 120 Å². The summed E-state index contributed by atoms with van der Waals surface area (Å²) in [6.07, 6.45) is 2.56. The Hall–Kier alpha value is -2.39. The molecule has 20 heavy (non-hydrogen) atoms. The van der Waals surface area contributed by atoms with Gasteiger partial charge >= 0.3 is 0 Å². The van der Waals surface area contributed by atoms with Gasteiger partial charge in [-0.15, -0.1) is 0 Å². The highest BCUT2D eigenvalue weighted by atomic mass is 32.1. The predicted octanol–water partition coefficient (Wildman–Crippen LogP) is 3.21. The molecule has 0 spiro atoms. The molecule has 0 saturated heterocycles. The molecule has 0 amide bonds. The zero-order valence-corrected chi connectivity index (χ0v) is 12.0. The normalized spacial score (nSPS) is 10.7. The van der Waals surface area contributed by atoms with E-state index >= 15 is 0 Å². The van der Waals surface area contributed by atoms with Crippen LogP contribution in [0, 0.1) is 11.3 Å². The number of hydrogen-bond acceptors (Lipinski definition) is 5. The lowest BCUT2D eigenvalue weighted by molar-refractivity contribution is 0.776. The molecular weight excluding hydrogens is 270 g/mol. The first-order chi connectivity index (χ1) is 9.71. The van der Waals surface area contributed by atoms with Gasteiger partial charge in [-0.25, -0.2) is 4.98 Å². The summed E-state index contributed by atoms with van der Waals surface area (Å²) < 4.78 is 2.79. The summed E-state index contributed by atoms with van der Waals surface area (Å²) in [5, 5.41) is 17.1. The van der Waals surface area contributed by atoms with Gasteiger partial charge in [0.25, 0.3) is 0 Å². The van der Waals surface area contributed by atoms with Crippen molar-refractivity contribution < 1.29 is 0 Å². The number of nitriles is 1. The van der Waals surface area contributed by atoms with Crippen molar-refractivity contribution in [2.24, 2.45) is 7.05 Å². The zero-order chi connectivity index (χ0) is 14.1. The van der Waals surface area contributed by atoms with Crippen LogP contribution in [0.5, 0.6) is 0 Å². The molecule has 5 nitrogen and oxygen atoms in total. The molecule has 2 aromatic heterocycles. The molecule has 1 N–H and O–H groups in total. The van der Waals surface area contributed by atoms with Gasteiger partial charge in [-0.05, 0) is 24.1 Å². The second-order valence-electron chi connectivity index (χ2n) is 4.44. The predicted molar refractivity (Wildman–Crippen MR) is 80.2 cm³/mol. The molecular formula is C14H13N5S. The number of nitrogens with one attached hydrogen (secondary N) is 1. The third kappa shape index (κ3) is 2.12. The minimum Gasteiger partial charge on any atom is -0.315 e. The average molecular weight is 283 g/mol. The second-order valence-corrected chi connectivity index (χ2v) is 5.47. The summed E-state index contributed by atoms with van der Waals surface area (Å²) in [6.45, 7) is 2.14.